The number of benzene rings is 1. The Morgan fingerprint density at radius 1 is 1.29 bits per heavy atom. The highest BCUT2D eigenvalue weighted by Gasteiger charge is 2.29. The van der Waals surface area contributed by atoms with Gasteiger partial charge in [0.2, 0.25) is 0 Å². The van der Waals surface area contributed by atoms with Crippen molar-refractivity contribution in [2.24, 2.45) is 0 Å². The van der Waals surface area contributed by atoms with E-state index in [1.54, 1.807) is 21.4 Å². The normalized spacial score (nSPS) is 17.8. The lowest BCUT2D eigenvalue weighted by Crippen LogP contribution is -2.24. The number of ether oxygens (including phenoxy) is 1. The molecule has 1 fully saturated rings. The van der Waals surface area contributed by atoms with E-state index in [0.717, 1.165) is 32.1 Å². The van der Waals surface area contributed by atoms with Crippen LogP contribution in [0.15, 0.2) is 28.0 Å². The molecule has 1 unspecified atom stereocenters. The van der Waals surface area contributed by atoms with Crippen LogP contribution in [0, 0.1) is 0 Å². The van der Waals surface area contributed by atoms with Gasteiger partial charge in [-0.25, -0.2) is 13.1 Å². The second-order valence-corrected chi connectivity index (χ2v) is 10.7. The first kappa shape index (κ1) is 22.3. The van der Waals surface area contributed by atoms with Gasteiger partial charge < -0.3 is 14.2 Å². The molecule has 0 aliphatic carbocycles. The molecule has 2 aromatic heterocycles. The van der Waals surface area contributed by atoms with E-state index in [1.807, 2.05) is 25.1 Å². The van der Waals surface area contributed by atoms with Crippen molar-refractivity contribution in [3.8, 4) is 0 Å². The average molecular weight is 467 g/mol. The number of hydrogen-bond acceptors (Lipinski definition) is 6. The molecule has 1 atom stereocenters. The van der Waals surface area contributed by atoms with Crippen LogP contribution in [0.3, 0.4) is 0 Å². The van der Waals surface area contributed by atoms with Crippen molar-refractivity contribution in [3.63, 3.8) is 0 Å². The Hall–Kier alpha value is -1.94. The molecule has 0 amide bonds. The Bertz CT molecular complexity index is 1290. The summed E-state index contributed by atoms with van der Waals surface area (Å²) in [6.07, 6.45) is 4.00. The number of aryl methyl sites for hydroxylation is 1. The van der Waals surface area contributed by atoms with Gasteiger partial charge in [0.05, 0.1) is 11.0 Å². The number of nitrogens with zero attached hydrogens (tertiary/aromatic N) is 4. The van der Waals surface area contributed by atoms with Gasteiger partial charge in [-0.15, -0.1) is 0 Å². The van der Waals surface area contributed by atoms with Gasteiger partial charge in [0.25, 0.3) is 5.56 Å². The van der Waals surface area contributed by atoms with E-state index in [0.29, 0.717) is 41.0 Å². The van der Waals surface area contributed by atoms with Crippen LogP contribution < -0.4 is 5.56 Å². The molecule has 1 aliphatic rings. The molecule has 168 valence electrons. The second kappa shape index (κ2) is 8.54. The first-order valence-corrected chi connectivity index (χ1v) is 12.7. The Morgan fingerprint density at radius 2 is 2.06 bits per heavy atom. The van der Waals surface area contributed by atoms with E-state index in [9.17, 15) is 13.2 Å². The summed E-state index contributed by atoms with van der Waals surface area (Å²) in [6.45, 7) is 1.83. The van der Waals surface area contributed by atoms with E-state index in [4.69, 9.17) is 16.3 Å². The molecule has 1 aliphatic heterocycles. The molecular formula is C21H27ClN4O4S. The molecule has 10 heteroatoms. The van der Waals surface area contributed by atoms with Gasteiger partial charge in [-0.3, -0.25) is 4.79 Å². The summed E-state index contributed by atoms with van der Waals surface area (Å²) in [6, 6.07) is 5.33. The molecule has 0 spiro atoms. The highest BCUT2D eigenvalue weighted by molar-refractivity contribution is 7.90. The number of hydrogen-bond donors (Lipinski definition) is 0. The van der Waals surface area contributed by atoms with Crippen LogP contribution in [-0.2, 0) is 21.1 Å². The fraction of sp³-hybridized carbons (Fsp3) is 0.524. The molecule has 8 nitrogen and oxygen atoms in total. The maximum atomic E-state index is 13.6. The van der Waals surface area contributed by atoms with Crippen molar-refractivity contribution in [2.75, 3.05) is 33.5 Å². The molecular weight excluding hydrogens is 440 g/mol. The minimum Gasteiger partial charge on any atom is -0.356 e. The van der Waals surface area contributed by atoms with Crippen LogP contribution >= 0.6 is 11.6 Å². The quantitative estimate of drug-likeness (QED) is 0.555. The summed E-state index contributed by atoms with van der Waals surface area (Å²) in [4.78, 5) is 15.7. The predicted molar refractivity (Wildman–Crippen MR) is 122 cm³/mol. The van der Waals surface area contributed by atoms with Crippen LogP contribution in [-0.4, -0.2) is 61.2 Å². The number of halogens is 1. The van der Waals surface area contributed by atoms with Gasteiger partial charge >= 0.3 is 0 Å². The predicted octanol–water partition coefficient (Wildman–Crippen LogP) is 3.06. The summed E-state index contributed by atoms with van der Waals surface area (Å²) in [5, 5.41) is 5.52. The second-order valence-electron chi connectivity index (χ2n) is 8.34. The van der Waals surface area contributed by atoms with Crippen molar-refractivity contribution < 1.29 is 13.2 Å². The summed E-state index contributed by atoms with van der Waals surface area (Å²) >= 11 is 6.32. The van der Waals surface area contributed by atoms with Crippen molar-refractivity contribution in [1.29, 1.82) is 0 Å². The number of aromatic nitrogens is 3. The zero-order chi connectivity index (χ0) is 22.3. The molecule has 1 aromatic carbocycles. The lowest BCUT2D eigenvalue weighted by molar-refractivity contribution is -0.0372. The van der Waals surface area contributed by atoms with Crippen molar-refractivity contribution >= 4 is 43.2 Å². The van der Waals surface area contributed by atoms with Crippen molar-refractivity contribution in [3.05, 3.63) is 33.6 Å². The van der Waals surface area contributed by atoms with E-state index in [-0.39, 0.29) is 16.0 Å². The molecule has 31 heavy (non-hydrogen) atoms. The SMILES string of the molecule is CN(C)CCCn1c(=O)c2c(S(C)(=O)=O)nn(C3CCCCO3)c2c2cc(Cl)ccc21. The molecule has 3 aromatic rings. The molecule has 0 radical (unpaired) electrons. The lowest BCUT2D eigenvalue weighted by Gasteiger charge is -2.24. The highest BCUT2D eigenvalue weighted by atomic mass is 35.5. The monoisotopic (exact) mass is 466 g/mol. The van der Waals surface area contributed by atoms with Crippen LogP contribution in [0.4, 0.5) is 0 Å². The standard InChI is InChI=1S/C21H27ClN4O4S/c1-24(2)10-6-11-25-16-9-8-14(22)13-15(16)19-18(21(25)27)20(31(3,28)29)23-26(19)17-7-4-5-12-30-17/h8-9,13,17H,4-7,10-12H2,1-3H3. The molecule has 0 bridgehead atoms. The van der Waals surface area contributed by atoms with E-state index < -0.39 is 16.1 Å². The first-order chi connectivity index (χ1) is 14.7. The van der Waals surface area contributed by atoms with Crippen LogP contribution in [0.2, 0.25) is 5.02 Å². The molecule has 0 N–H and O–H groups in total. The van der Waals surface area contributed by atoms with Gasteiger partial charge in [0, 0.05) is 29.8 Å². The summed E-state index contributed by atoms with van der Waals surface area (Å²) < 4.78 is 34.3. The van der Waals surface area contributed by atoms with Gasteiger partial charge in [-0.2, -0.15) is 5.10 Å². The topological polar surface area (TPSA) is 86.4 Å². The minimum absolute atomic E-state index is 0.108. The molecule has 4 rings (SSSR count). The van der Waals surface area contributed by atoms with Gasteiger partial charge in [0.15, 0.2) is 21.1 Å². The molecule has 1 saturated heterocycles. The number of rotatable bonds is 6. The van der Waals surface area contributed by atoms with Gasteiger partial charge in [-0.05, 0) is 64.5 Å². The highest BCUT2D eigenvalue weighted by Crippen LogP contribution is 2.33. The summed E-state index contributed by atoms with van der Waals surface area (Å²) in [5.41, 5.74) is 0.822. The lowest BCUT2D eigenvalue weighted by atomic mass is 10.1. The number of pyridine rings is 1. The van der Waals surface area contributed by atoms with E-state index >= 15 is 0 Å². The fourth-order valence-electron chi connectivity index (χ4n) is 4.19. The van der Waals surface area contributed by atoms with Crippen molar-refractivity contribution in [2.45, 2.75) is 43.5 Å². The van der Waals surface area contributed by atoms with Crippen LogP contribution in [0.1, 0.15) is 31.9 Å². The zero-order valence-electron chi connectivity index (χ0n) is 18.0. The number of fused-ring (bicyclic) bond motifs is 3. The third kappa shape index (κ3) is 4.24. The maximum Gasteiger partial charge on any atom is 0.263 e. The summed E-state index contributed by atoms with van der Waals surface area (Å²) in [7, 11) is 0.203. The minimum atomic E-state index is -3.74. The Balaban J connectivity index is 2.07. The Kier molecular flexibility index (Phi) is 6.13. The Labute approximate surface area is 186 Å². The third-order valence-electron chi connectivity index (χ3n) is 5.61. The van der Waals surface area contributed by atoms with Gasteiger partial charge in [-0.1, -0.05) is 11.6 Å². The Morgan fingerprint density at radius 3 is 2.71 bits per heavy atom. The molecule has 0 saturated carbocycles. The molecule has 3 heterocycles. The first-order valence-electron chi connectivity index (χ1n) is 10.4. The zero-order valence-corrected chi connectivity index (χ0v) is 19.5. The van der Waals surface area contributed by atoms with E-state index in [2.05, 4.69) is 5.10 Å². The fourth-order valence-corrected chi connectivity index (χ4v) is 5.16. The maximum absolute atomic E-state index is 13.6. The van der Waals surface area contributed by atoms with Gasteiger partial charge in [0.1, 0.15) is 5.39 Å². The average Bonchev–Trinajstić information content (AvgIpc) is 3.13. The largest absolute Gasteiger partial charge is 0.356 e. The smallest absolute Gasteiger partial charge is 0.263 e. The summed E-state index contributed by atoms with van der Waals surface area (Å²) in [5.74, 6) is 0. The van der Waals surface area contributed by atoms with E-state index in [1.165, 1.54) is 0 Å². The van der Waals surface area contributed by atoms with Crippen LogP contribution in [0.5, 0.6) is 0 Å². The number of sulfone groups is 1. The van der Waals surface area contributed by atoms with Crippen molar-refractivity contribution in [1.82, 2.24) is 19.2 Å². The van der Waals surface area contributed by atoms with Crippen LogP contribution in [0.25, 0.3) is 21.8 Å². The third-order valence-corrected chi connectivity index (χ3v) is 6.83.